The van der Waals surface area contributed by atoms with Crippen molar-refractivity contribution in [3.63, 3.8) is 0 Å². The number of nitrogens with one attached hydrogen (secondary N) is 1. The minimum Gasteiger partial charge on any atom is -0.338 e. The number of pyridine rings is 1. The molecular weight excluding hydrogens is 357 g/mol. The Morgan fingerprint density at radius 3 is 2.64 bits per heavy atom. The van der Waals surface area contributed by atoms with Gasteiger partial charge in [0.2, 0.25) is 0 Å². The summed E-state index contributed by atoms with van der Waals surface area (Å²) >= 11 is 0. The Labute approximate surface area is 164 Å². The zero-order valence-corrected chi connectivity index (χ0v) is 16.2. The maximum Gasteiger partial charge on any atom is 0.260 e. The standard InChI is InChI=1S/C22H26FN3O2/c1-16-3-8-19(20(27)24-16)21(28)26-12-10-22(15-26)9-2-11-25(14-22)13-17-4-6-18(23)7-5-17/h3-8H,2,9-15H2,1H3,(H,24,27)/t22-/m0/s1. The maximum absolute atomic E-state index is 13.1. The first-order chi connectivity index (χ1) is 13.4. The lowest BCUT2D eigenvalue weighted by Crippen LogP contribution is -2.45. The molecule has 1 aromatic heterocycles. The molecule has 0 aliphatic carbocycles. The molecule has 2 saturated heterocycles. The van der Waals surface area contributed by atoms with Gasteiger partial charge in [0.1, 0.15) is 11.4 Å². The van der Waals surface area contributed by atoms with E-state index >= 15 is 0 Å². The van der Waals surface area contributed by atoms with Crippen LogP contribution in [0.3, 0.4) is 0 Å². The highest BCUT2D eigenvalue weighted by molar-refractivity contribution is 5.94. The van der Waals surface area contributed by atoms with E-state index in [0.717, 1.165) is 50.2 Å². The van der Waals surface area contributed by atoms with Crippen LogP contribution in [0.5, 0.6) is 0 Å². The molecule has 1 amide bonds. The van der Waals surface area contributed by atoms with Gasteiger partial charge in [0.05, 0.1) is 0 Å². The second kappa shape index (κ2) is 7.51. The third-order valence-corrected chi connectivity index (χ3v) is 6.07. The molecule has 1 aromatic carbocycles. The molecule has 5 nitrogen and oxygen atoms in total. The quantitative estimate of drug-likeness (QED) is 0.887. The molecule has 4 rings (SSSR count). The fourth-order valence-corrected chi connectivity index (χ4v) is 4.65. The van der Waals surface area contributed by atoms with Crippen LogP contribution in [0, 0.1) is 18.2 Å². The fraction of sp³-hybridized carbons (Fsp3) is 0.455. The second-order valence-electron chi connectivity index (χ2n) is 8.30. The van der Waals surface area contributed by atoms with E-state index in [1.165, 1.54) is 12.1 Å². The minimum absolute atomic E-state index is 0.0887. The topological polar surface area (TPSA) is 56.4 Å². The van der Waals surface area contributed by atoms with E-state index < -0.39 is 0 Å². The van der Waals surface area contributed by atoms with Crippen molar-refractivity contribution >= 4 is 5.91 Å². The molecular formula is C22H26FN3O2. The fourth-order valence-electron chi connectivity index (χ4n) is 4.65. The molecule has 2 aromatic rings. The summed E-state index contributed by atoms with van der Waals surface area (Å²) in [7, 11) is 0. The predicted molar refractivity (Wildman–Crippen MR) is 106 cm³/mol. The normalized spacial score (nSPS) is 22.7. The molecule has 0 bridgehead atoms. The Morgan fingerprint density at radius 1 is 1.11 bits per heavy atom. The number of piperidine rings is 1. The van der Waals surface area contributed by atoms with Gasteiger partial charge in [-0.3, -0.25) is 14.5 Å². The molecule has 0 radical (unpaired) electrons. The summed E-state index contributed by atoms with van der Waals surface area (Å²) in [4.78, 5) is 32.0. The van der Waals surface area contributed by atoms with E-state index in [2.05, 4.69) is 9.88 Å². The van der Waals surface area contributed by atoms with E-state index in [-0.39, 0.29) is 28.3 Å². The summed E-state index contributed by atoms with van der Waals surface area (Å²) in [6, 6.07) is 10.1. The van der Waals surface area contributed by atoms with Crippen molar-refractivity contribution in [3.8, 4) is 0 Å². The first-order valence-corrected chi connectivity index (χ1v) is 9.90. The summed E-state index contributed by atoms with van der Waals surface area (Å²) < 4.78 is 13.1. The highest BCUT2D eigenvalue weighted by atomic mass is 19.1. The van der Waals surface area contributed by atoms with Crippen molar-refractivity contribution in [2.24, 2.45) is 5.41 Å². The number of likely N-dealkylation sites (tertiary alicyclic amines) is 2. The summed E-state index contributed by atoms with van der Waals surface area (Å²) in [5.74, 6) is -0.385. The van der Waals surface area contributed by atoms with Gasteiger partial charge in [-0.15, -0.1) is 0 Å². The molecule has 1 spiro atoms. The lowest BCUT2D eigenvalue weighted by molar-refractivity contribution is 0.0674. The van der Waals surface area contributed by atoms with Crippen molar-refractivity contribution in [3.05, 3.63) is 69.4 Å². The average molecular weight is 383 g/mol. The number of hydrogen-bond donors (Lipinski definition) is 1. The molecule has 2 fully saturated rings. The molecule has 6 heteroatoms. The summed E-state index contributed by atoms with van der Waals surface area (Å²) in [6.07, 6.45) is 3.15. The van der Waals surface area contributed by atoms with Crippen LogP contribution in [0.2, 0.25) is 0 Å². The first-order valence-electron chi connectivity index (χ1n) is 9.90. The Morgan fingerprint density at radius 2 is 1.89 bits per heavy atom. The van der Waals surface area contributed by atoms with Gasteiger partial charge in [-0.25, -0.2) is 4.39 Å². The number of benzene rings is 1. The third kappa shape index (κ3) is 3.87. The van der Waals surface area contributed by atoms with Crippen molar-refractivity contribution < 1.29 is 9.18 Å². The smallest absolute Gasteiger partial charge is 0.260 e. The van der Waals surface area contributed by atoms with Gasteiger partial charge in [0.15, 0.2) is 0 Å². The monoisotopic (exact) mass is 383 g/mol. The van der Waals surface area contributed by atoms with E-state index in [1.54, 1.807) is 19.1 Å². The number of aryl methyl sites for hydroxylation is 1. The number of hydrogen-bond acceptors (Lipinski definition) is 3. The SMILES string of the molecule is Cc1ccc(C(=O)N2CC[C@]3(CCCN(Cc4ccc(F)cc4)C3)C2)c(=O)[nH]1. The van der Waals surface area contributed by atoms with E-state index in [1.807, 2.05) is 17.0 Å². The molecule has 3 heterocycles. The summed E-state index contributed by atoms with van der Waals surface area (Å²) in [6.45, 7) is 5.94. The van der Waals surface area contributed by atoms with Crippen molar-refractivity contribution in [2.75, 3.05) is 26.2 Å². The van der Waals surface area contributed by atoms with Gasteiger partial charge in [-0.2, -0.15) is 0 Å². The molecule has 28 heavy (non-hydrogen) atoms. The van der Waals surface area contributed by atoms with Gasteiger partial charge >= 0.3 is 0 Å². The molecule has 2 aliphatic rings. The zero-order chi connectivity index (χ0) is 19.7. The molecule has 0 saturated carbocycles. The second-order valence-corrected chi connectivity index (χ2v) is 8.30. The number of aromatic amines is 1. The van der Waals surface area contributed by atoms with Crippen LogP contribution < -0.4 is 5.56 Å². The number of carbonyl (C=O) groups is 1. The van der Waals surface area contributed by atoms with Crippen LogP contribution in [0.25, 0.3) is 0 Å². The summed E-state index contributed by atoms with van der Waals surface area (Å²) in [5.41, 5.74) is 1.86. The highest BCUT2D eigenvalue weighted by Crippen LogP contribution is 2.39. The highest BCUT2D eigenvalue weighted by Gasteiger charge is 2.43. The van der Waals surface area contributed by atoms with Crippen LogP contribution >= 0.6 is 0 Å². The number of H-pyrrole nitrogens is 1. The Bertz CT molecular complexity index is 924. The van der Waals surface area contributed by atoms with Gasteiger partial charge in [0, 0.05) is 37.3 Å². The van der Waals surface area contributed by atoms with Crippen LogP contribution in [0.1, 0.15) is 40.9 Å². The molecule has 0 unspecified atom stereocenters. The van der Waals surface area contributed by atoms with Crippen LogP contribution in [0.4, 0.5) is 4.39 Å². The number of aromatic nitrogens is 1. The Kier molecular flexibility index (Phi) is 5.06. The Balaban J connectivity index is 1.43. The number of rotatable bonds is 3. The summed E-state index contributed by atoms with van der Waals surface area (Å²) in [5, 5.41) is 0. The van der Waals surface area contributed by atoms with Crippen LogP contribution in [0.15, 0.2) is 41.2 Å². The van der Waals surface area contributed by atoms with E-state index in [0.29, 0.717) is 13.1 Å². The van der Waals surface area contributed by atoms with Crippen molar-refractivity contribution in [1.29, 1.82) is 0 Å². The molecule has 148 valence electrons. The maximum atomic E-state index is 13.1. The Hall–Kier alpha value is -2.47. The number of amides is 1. The van der Waals surface area contributed by atoms with Crippen molar-refractivity contribution in [1.82, 2.24) is 14.8 Å². The average Bonchev–Trinajstić information content (AvgIpc) is 3.06. The van der Waals surface area contributed by atoms with Crippen LogP contribution in [-0.4, -0.2) is 46.9 Å². The zero-order valence-electron chi connectivity index (χ0n) is 16.2. The molecule has 1 atom stereocenters. The molecule has 1 N–H and O–H groups in total. The van der Waals surface area contributed by atoms with Gasteiger partial charge in [0.25, 0.3) is 11.5 Å². The number of halogens is 1. The van der Waals surface area contributed by atoms with E-state index in [4.69, 9.17) is 0 Å². The van der Waals surface area contributed by atoms with Gasteiger partial charge < -0.3 is 9.88 Å². The predicted octanol–water partition coefficient (Wildman–Crippen LogP) is 2.95. The lowest BCUT2D eigenvalue weighted by Gasteiger charge is -2.40. The lowest BCUT2D eigenvalue weighted by atomic mass is 9.79. The third-order valence-electron chi connectivity index (χ3n) is 6.07. The van der Waals surface area contributed by atoms with Crippen LogP contribution in [-0.2, 0) is 6.54 Å². The first kappa shape index (κ1) is 18.9. The number of carbonyl (C=O) groups excluding carboxylic acids is 1. The minimum atomic E-state index is -0.312. The number of nitrogens with zero attached hydrogens (tertiary/aromatic N) is 2. The van der Waals surface area contributed by atoms with E-state index in [9.17, 15) is 14.0 Å². The largest absolute Gasteiger partial charge is 0.338 e. The molecule has 2 aliphatic heterocycles. The van der Waals surface area contributed by atoms with Crippen molar-refractivity contribution in [2.45, 2.75) is 32.7 Å². The van der Waals surface area contributed by atoms with Gasteiger partial charge in [-0.1, -0.05) is 12.1 Å². The van der Waals surface area contributed by atoms with Gasteiger partial charge in [-0.05, 0) is 62.6 Å².